The van der Waals surface area contributed by atoms with Crippen molar-refractivity contribution in [3.05, 3.63) is 53.1 Å². The molecule has 8 heteroatoms. The number of amides is 1. The van der Waals surface area contributed by atoms with Gasteiger partial charge in [-0.25, -0.2) is 8.42 Å². The van der Waals surface area contributed by atoms with Crippen LogP contribution < -0.4 is 10.1 Å². The Kier molecular flexibility index (Phi) is 6.04. The molecule has 0 unspecified atom stereocenters. The van der Waals surface area contributed by atoms with Crippen LogP contribution in [0.4, 0.5) is 5.69 Å². The number of nitrogens with zero attached hydrogens (tertiary/aromatic N) is 1. The highest BCUT2D eigenvalue weighted by Crippen LogP contribution is 2.28. The van der Waals surface area contributed by atoms with Gasteiger partial charge in [0.05, 0.1) is 12.1 Å². The number of anilines is 1. The van der Waals surface area contributed by atoms with Crippen molar-refractivity contribution in [2.75, 3.05) is 25.5 Å². The first kappa shape index (κ1) is 19.7. The minimum absolute atomic E-state index is 0.0376. The van der Waals surface area contributed by atoms with Gasteiger partial charge in [0.15, 0.2) is 0 Å². The van der Waals surface area contributed by atoms with Crippen LogP contribution in [0.15, 0.2) is 47.4 Å². The summed E-state index contributed by atoms with van der Waals surface area (Å²) in [6.07, 6.45) is 2.67. The lowest BCUT2D eigenvalue weighted by Crippen LogP contribution is -2.35. The quantitative estimate of drug-likeness (QED) is 0.816. The van der Waals surface area contributed by atoms with Crippen LogP contribution in [-0.2, 0) is 10.0 Å². The molecule has 1 fully saturated rings. The molecule has 1 heterocycles. The number of rotatable bonds is 5. The lowest BCUT2D eigenvalue weighted by molar-refractivity contribution is 0.102. The van der Waals surface area contributed by atoms with Gasteiger partial charge in [0, 0.05) is 30.4 Å². The fourth-order valence-electron chi connectivity index (χ4n) is 2.99. The summed E-state index contributed by atoms with van der Waals surface area (Å²) in [6.45, 7) is 0.942. The molecule has 6 nitrogen and oxygen atoms in total. The Labute approximate surface area is 164 Å². The van der Waals surface area contributed by atoms with E-state index in [1.54, 1.807) is 24.3 Å². The number of piperidine rings is 1. The van der Waals surface area contributed by atoms with Crippen molar-refractivity contribution in [1.29, 1.82) is 0 Å². The first-order valence-electron chi connectivity index (χ1n) is 8.67. The number of carbonyl (C=O) groups excluding carboxylic acids is 1. The maximum absolute atomic E-state index is 12.9. The Bertz CT molecular complexity index is 940. The lowest BCUT2D eigenvalue weighted by atomic mass is 10.2. The van der Waals surface area contributed by atoms with Crippen LogP contribution in [0, 0.1) is 0 Å². The zero-order chi connectivity index (χ0) is 19.4. The summed E-state index contributed by atoms with van der Waals surface area (Å²) in [5.74, 6) is 0.187. The Morgan fingerprint density at radius 2 is 1.85 bits per heavy atom. The van der Waals surface area contributed by atoms with Crippen molar-refractivity contribution >= 4 is 33.2 Å². The maximum Gasteiger partial charge on any atom is 0.255 e. The van der Waals surface area contributed by atoms with Crippen molar-refractivity contribution in [3.8, 4) is 5.75 Å². The Balaban J connectivity index is 1.87. The minimum atomic E-state index is -3.73. The van der Waals surface area contributed by atoms with Crippen LogP contribution in [0.2, 0.25) is 5.02 Å². The summed E-state index contributed by atoms with van der Waals surface area (Å²) in [5, 5.41) is 2.85. The van der Waals surface area contributed by atoms with E-state index in [1.165, 1.54) is 29.6 Å². The van der Waals surface area contributed by atoms with Gasteiger partial charge in [-0.15, -0.1) is 0 Å². The molecule has 1 N–H and O–H groups in total. The van der Waals surface area contributed by atoms with Crippen LogP contribution in [-0.4, -0.2) is 38.8 Å². The average molecular weight is 409 g/mol. The molecule has 0 aromatic heterocycles. The molecule has 1 aliphatic rings. The zero-order valence-electron chi connectivity index (χ0n) is 14.9. The monoisotopic (exact) mass is 408 g/mol. The fraction of sp³-hybridized carbons (Fsp3) is 0.316. The third kappa shape index (κ3) is 4.43. The number of halogens is 1. The molecule has 1 saturated heterocycles. The second-order valence-corrected chi connectivity index (χ2v) is 8.61. The van der Waals surface area contributed by atoms with Crippen molar-refractivity contribution in [1.82, 2.24) is 4.31 Å². The van der Waals surface area contributed by atoms with E-state index in [0.29, 0.717) is 24.5 Å². The van der Waals surface area contributed by atoms with Crippen molar-refractivity contribution in [3.63, 3.8) is 0 Å². The summed E-state index contributed by atoms with van der Waals surface area (Å²) in [6, 6.07) is 11.2. The van der Waals surface area contributed by atoms with Gasteiger partial charge >= 0.3 is 0 Å². The minimum Gasteiger partial charge on any atom is -0.497 e. The van der Waals surface area contributed by atoms with Gasteiger partial charge in [0.1, 0.15) is 10.6 Å². The van der Waals surface area contributed by atoms with Gasteiger partial charge in [-0.3, -0.25) is 4.79 Å². The Hall–Kier alpha value is -2.09. The smallest absolute Gasteiger partial charge is 0.255 e. The Morgan fingerprint density at radius 3 is 2.56 bits per heavy atom. The largest absolute Gasteiger partial charge is 0.497 e. The summed E-state index contributed by atoms with van der Waals surface area (Å²) < 4.78 is 32.4. The molecular formula is C19H21ClN2O4S. The molecule has 1 aliphatic heterocycles. The molecule has 0 spiro atoms. The number of methoxy groups -OCH3 is 1. The average Bonchev–Trinajstić information content (AvgIpc) is 2.69. The summed E-state index contributed by atoms with van der Waals surface area (Å²) in [4.78, 5) is 12.5. The van der Waals surface area contributed by atoms with Crippen molar-refractivity contribution in [2.24, 2.45) is 0 Å². The molecule has 2 aromatic rings. The summed E-state index contributed by atoms with van der Waals surface area (Å²) in [7, 11) is -2.19. The van der Waals surface area contributed by atoms with E-state index in [-0.39, 0.29) is 15.5 Å². The third-order valence-corrected chi connectivity index (χ3v) is 6.83. The van der Waals surface area contributed by atoms with E-state index >= 15 is 0 Å². The Morgan fingerprint density at radius 1 is 1.11 bits per heavy atom. The van der Waals surface area contributed by atoms with Gasteiger partial charge < -0.3 is 10.1 Å². The number of nitrogens with one attached hydrogen (secondary N) is 1. The van der Waals surface area contributed by atoms with Crippen molar-refractivity contribution < 1.29 is 17.9 Å². The number of carbonyl (C=O) groups is 1. The van der Waals surface area contributed by atoms with Crippen LogP contribution in [0.25, 0.3) is 0 Å². The second kappa shape index (κ2) is 8.29. The zero-order valence-corrected chi connectivity index (χ0v) is 16.5. The maximum atomic E-state index is 12.9. The predicted octanol–water partition coefficient (Wildman–Crippen LogP) is 3.78. The lowest BCUT2D eigenvalue weighted by Gasteiger charge is -2.26. The van der Waals surface area contributed by atoms with E-state index in [0.717, 1.165) is 19.3 Å². The standard InChI is InChI=1S/C19H21ClN2O4S/c1-26-16-7-5-6-15(13-16)21-19(23)14-8-9-17(20)18(12-14)27(24,25)22-10-3-2-4-11-22/h5-9,12-13H,2-4,10-11H2,1H3,(H,21,23). The van der Waals surface area contributed by atoms with Gasteiger partial charge in [-0.2, -0.15) is 4.31 Å². The predicted molar refractivity (Wildman–Crippen MR) is 105 cm³/mol. The SMILES string of the molecule is COc1cccc(NC(=O)c2ccc(Cl)c(S(=O)(=O)N3CCCCC3)c2)c1. The van der Waals surface area contributed by atoms with Crippen LogP contribution in [0.3, 0.4) is 0 Å². The van der Waals surface area contributed by atoms with E-state index in [1.807, 2.05) is 0 Å². The molecule has 2 aromatic carbocycles. The molecule has 0 bridgehead atoms. The molecule has 27 heavy (non-hydrogen) atoms. The number of ether oxygens (including phenoxy) is 1. The number of sulfonamides is 1. The van der Waals surface area contributed by atoms with Gasteiger partial charge in [0.25, 0.3) is 5.91 Å². The number of benzene rings is 2. The van der Waals surface area contributed by atoms with E-state index in [2.05, 4.69) is 5.32 Å². The highest BCUT2D eigenvalue weighted by Gasteiger charge is 2.28. The first-order chi connectivity index (χ1) is 12.9. The molecule has 0 atom stereocenters. The molecule has 1 amide bonds. The second-order valence-electron chi connectivity index (χ2n) is 6.30. The van der Waals surface area contributed by atoms with E-state index in [4.69, 9.17) is 16.3 Å². The molecular weight excluding hydrogens is 388 g/mol. The summed E-state index contributed by atoms with van der Waals surface area (Å²) >= 11 is 6.15. The molecule has 3 rings (SSSR count). The summed E-state index contributed by atoms with van der Waals surface area (Å²) in [5.41, 5.74) is 0.771. The number of hydrogen-bond donors (Lipinski definition) is 1. The van der Waals surface area contributed by atoms with Gasteiger partial charge in [-0.05, 0) is 43.2 Å². The number of hydrogen-bond acceptors (Lipinski definition) is 4. The van der Waals surface area contributed by atoms with Crippen LogP contribution >= 0.6 is 11.6 Å². The normalized spacial score (nSPS) is 15.3. The van der Waals surface area contributed by atoms with Crippen LogP contribution in [0.1, 0.15) is 29.6 Å². The molecule has 0 aliphatic carbocycles. The highest BCUT2D eigenvalue weighted by atomic mass is 35.5. The van der Waals surface area contributed by atoms with E-state index in [9.17, 15) is 13.2 Å². The third-order valence-electron chi connectivity index (χ3n) is 4.45. The van der Waals surface area contributed by atoms with Crippen LogP contribution in [0.5, 0.6) is 5.75 Å². The fourth-order valence-corrected chi connectivity index (χ4v) is 5.01. The molecule has 0 saturated carbocycles. The van der Waals surface area contributed by atoms with Crippen molar-refractivity contribution in [2.45, 2.75) is 24.2 Å². The highest BCUT2D eigenvalue weighted by molar-refractivity contribution is 7.89. The topological polar surface area (TPSA) is 75.7 Å². The first-order valence-corrected chi connectivity index (χ1v) is 10.5. The van der Waals surface area contributed by atoms with Gasteiger partial charge in [0.2, 0.25) is 10.0 Å². The molecule has 144 valence electrons. The van der Waals surface area contributed by atoms with Gasteiger partial charge in [-0.1, -0.05) is 24.1 Å². The molecule has 0 radical (unpaired) electrons. The van der Waals surface area contributed by atoms with E-state index < -0.39 is 15.9 Å².